The van der Waals surface area contributed by atoms with Crippen molar-refractivity contribution in [2.75, 3.05) is 42.6 Å². The zero-order chi connectivity index (χ0) is 22.0. The van der Waals surface area contributed by atoms with Crippen LogP contribution in [-0.2, 0) is 14.3 Å². The predicted molar refractivity (Wildman–Crippen MR) is 114 cm³/mol. The van der Waals surface area contributed by atoms with Crippen LogP contribution in [0.3, 0.4) is 0 Å². The van der Waals surface area contributed by atoms with E-state index in [1.807, 2.05) is 12.1 Å². The lowest BCUT2D eigenvalue weighted by Gasteiger charge is -2.35. The smallest absolute Gasteiger partial charge is 0.338 e. The summed E-state index contributed by atoms with van der Waals surface area (Å²) in [5.41, 5.74) is 1.90. The van der Waals surface area contributed by atoms with Crippen molar-refractivity contribution in [3.63, 3.8) is 0 Å². The van der Waals surface area contributed by atoms with Gasteiger partial charge in [0.15, 0.2) is 6.04 Å². The first-order valence-electron chi connectivity index (χ1n) is 10.5. The van der Waals surface area contributed by atoms with E-state index in [1.165, 1.54) is 4.90 Å². The predicted octanol–water partition coefficient (Wildman–Crippen LogP) is 0.606. The Hall–Kier alpha value is -3.39. The minimum atomic E-state index is -0.429. The van der Waals surface area contributed by atoms with E-state index in [1.54, 1.807) is 43.3 Å². The van der Waals surface area contributed by atoms with Crippen molar-refractivity contribution in [3.05, 3.63) is 54.1 Å². The van der Waals surface area contributed by atoms with Gasteiger partial charge in [0.2, 0.25) is 5.91 Å². The number of rotatable bonds is 5. The molecule has 2 heterocycles. The third-order valence-electron chi connectivity index (χ3n) is 5.90. The third kappa shape index (κ3) is 4.25. The number of phenols is 1. The summed E-state index contributed by atoms with van der Waals surface area (Å²) in [6.07, 6.45) is 0.188. The molecule has 0 spiro atoms. The Morgan fingerprint density at radius 1 is 1.03 bits per heavy atom. The number of hydrogen-bond donors (Lipinski definition) is 2. The summed E-state index contributed by atoms with van der Waals surface area (Å²) in [6, 6.07) is 13.1. The maximum Gasteiger partial charge on any atom is 0.338 e. The van der Waals surface area contributed by atoms with Crippen molar-refractivity contribution in [1.29, 1.82) is 0 Å². The monoisotopic (exact) mass is 424 g/mol. The molecule has 0 saturated carbocycles. The Morgan fingerprint density at radius 2 is 1.65 bits per heavy atom. The Bertz CT molecular complexity index is 966. The summed E-state index contributed by atoms with van der Waals surface area (Å²) in [4.78, 5) is 42.1. The Balaban J connectivity index is 1.40. The number of piperazine rings is 1. The molecule has 2 saturated heterocycles. The molecule has 162 valence electrons. The molecular formula is C23H26N3O5+. The minimum Gasteiger partial charge on any atom is -0.508 e. The summed E-state index contributed by atoms with van der Waals surface area (Å²) < 4.78 is 4.97. The van der Waals surface area contributed by atoms with Crippen LogP contribution in [0.1, 0.15) is 23.7 Å². The van der Waals surface area contributed by atoms with Gasteiger partial charge < -0.3 is 19.6 Å². The van der Waals surface area contributed by atoms with Crippen LogP contribution in [0, 0.1) is 0 Å². The van der Waals surface area contributed by atoms with E-state index in [2.05, 4.69) is 4.90 Å². The number of carbonyl (C=O) groups is 3. The van der Waals surface area contributed by atoms with E-state index in [4.69, 9.17) is 4.74 Å². The van der Waals surface area contributed by atoms with Gasteiger partial charge in [0.25, 0.3) is 5.91 Å². The number of amides is 2. The van der Waals surface area contributed by atoms with E-state index in [0.717, 1.165) is 36.8 Å². The molecular weight excluding hydrogens is 398 g/mol. The Kier molecular flexibility index (Phi) is 5.90. The number of hydrogen-bond acceptors (Lipinski definition) is 6. The number of anilines is 2. The van der Waals surface area contributed by atoms with E-state index < -0.39 is 5.97 Å². The van der Waals surface area contributed by atoms with Gasteiger partial charge in [-0.3, -0.25) is 9.59 Å². The second-order valence-electron chi connectivity index (χ2n) is 7.75. The van der Waals surface area contributed by atoms with Gasteiger partial charge in [0.05, 0.1) is 50.5 Å². The number of benzene rings is 2. The van der Waals surface area contributed by atoms with E-state index in [9.17, 15) is 19.5 Å². The number of nitrogens with zero attached hydrogens (tertiary/aromatic N) is 2. The Labute approximate surface area is 180 Å². The van der Waals surface area contributed by atoms with Crippen molar-refractivity contribution in [3.8, 4) is 5.75 Å². The van der Waals surface area contributed by atoms with Crippen LogP contribution in [0.2, 0.25) is 0 Å². The summed E-state index contributed by atoms with van der Waals surface area (Å²) >= 11 is 0. The average molecular weight is 424 g/mol. The minimum absolute atomic E-state index is 0.188. The second-order valence-corrected chi connectivity index (χ2v) is 7.75. The van der Waals surface area contributed by atoms with Crippen molar-refractivity contribution >= 4 is 29.2 Å². The second kappa shape index (κ2) is 8.77. The van der Waals surface area contributed by atoms with Crippen molar-refractivity contribution < 1.29 is 29.1 Å². The lowest BCUT2D eigenvalue weighted by atomic mass is 10.1. The standard InChI is InChI=1S/C23H25N3O5/c1-2-31-23(30)16-3-5-18(6-4-16)26-21(28)15-20(22(26)29)25-13-11-24(12-14-25)17-7-9-19(27)10-8-17/h3-10,20,27H,2,11-15H2,1H3/p+1/t20-/m1/s1. The fourth-order valence-electron chi connectivity index (χ4n) is 4.25. The molecule has 2 amide bonds. The first kappa shape index (κ1) is 20.9. The quantitative estimate of drug-likeness (QED) is 0.540. The molecule has 1 atom stereocenters. The lowest BCUT2D eigenvalue weighted by Crippen LogP contribution is -3.19. The van der Waals surface area contributed by atoms with Gasteiger partial charge in [-0.05, 0) is 55.5 Å². The number of imide groups is 1. The van der Waals surface area contributed by atoms with Crippen LogP contribution in [-0.4, -0.2) is 61.7 Å². The molecule has 31 heavy (non-hydrogen) atoms. The van der Waals surface area contributed by atoms with Crippen LogP contribution in [0.5, 0.6) is 5.75 Å². The maximum atomic E-state index is 13.1. The molecule has 2 aromatic rings. The maximum absolute atomic E-state index is 13.1. The van der Waals surface area contributed by atoms with Crippen molar-refractivity contribution in [1.82, 2.24) is 0 Å². The van der Waals surface area contributed by atoms with Crippen molar-refractivity contribution in [2.45, 2.75) is 19.4 Å². The van der Waals surface area contributed by atoms with Crippen molar-refractivity contribution in [2.24, 2.45) is 0 Å². The molecule has 0 bridgehead atoms. The van der Waals surface area contributed by atoms with Gasteiger partial charge in [-0.25, -0.2) is 9.69 Å². The van der Waals surface area contributed by atoms with Crippen LogP contribution in [0.25, 0.3) is 0 Å². The summed E-state index contributed by atoms with van der Waals surface area (Å²) in [7, 11) is 0. The molecule has 8 nitrogen and oxygen atoms in total. The highest BCUT2D eigenvalue weighted by molar-refractivity contribution is 6.22. The van der Waals surface area contributed by atoms with Gasteiger partial charge in [-0.2, -0.15) is 0 Å². The van der Waals surface area contributed by atoms with Crippen LogP contribution < -0.4 is 14.7 Å². The fraction of sp³-hybridized carbons (Fsp3) is 0.348. The lowest BCUT2D eigenvalue weighted by molar-refractivity contribution is -0.915. The molecule has 4 rings (SSSR count). The summed E-state index contributed by atoms with van der Waals surface area (Å²) in [6.45, 7) is 5.06. The zero-order valence-corrected chi connectivity index (χ0v) is 17.4. The molecule has 8 heteroatoms. The molecule has 2 aliphatic rings. The molecule has 2 aliphatic heterocycles. The molecule has 2 aromatic carbocycles. The van der Waals surface area contributed by atoms with E-state index >= 15 is 0 Å². The fourth-order valence-corrected chi connectivity index (χ4v) is 4.25. The molecule has 2 N–H and O–H groups in total. The van der Waals surface area contributed by atoms with Crippen LogP contribution >= 0.6 is 0 Å². The summed E-state index contributed by atoms with van der Waals surface area (Å²) in [5.74, 6) is -0.602. The normalized spacial score (nSPS) is 19.7. The highest BCUT2D eigenvalue weighted by Gasteiger charge is 2.46. The molecule has 0 aromatic heterocycles. The number of quaternary nitrogens is 1. The number of carbonyl (C=O) groups excluding carboxylic acids is 3. The SMILES string of the molecule is CCOC(=O)c1ccc(N2C(=O)C[C@@H]([NH+]3CCN(c4ccc(O)cc4)CC3)C2=O)cc1. The molecule has 0 aliphatic carbocycles. The van der Waals surface area contributed by atoms with E-state index in [0.29, 0.717) is 11.3 Å². The topological polar surface area (TPSA) is 91.6 Å². The number of nitrogens with one attached hydrogen (secondary N) is 1. The van der Waals surface area contributed by atoms with Gasteiger partial charge in [-0.15, -0.1) is 0 Å². The number of esters is 1. The summed E-state index contributed by atoms with van der Waals surface area (Å²) in [5, 5.41) is 9.46. The van der Waals surface area contributed by atoms with E-state index in [-0.39, 0.29) is 36.6 Å². The van der Waals surface area contributed by atoms with Gasteiger partial charge in [0, 0.05) is 5.69 Å². The largest absolute Gasteiger partial charge is 0.508 e. The van der Waals surface area contributed by atoms with Gasteiger partial charge >= 0.3 is 5.97 Å². The number of phenolic OH excluding ortho intramolecular Hbond substituents is 1. The number of aromatic hydroxyl groups is 1. The highest BCUT2D eigenvalue weighted by atomic mass is 16.5. The number of ether oxygens (including phenoxy) is 1. The average Bonchev–Trinajstić information content (AvgIpc) is 3.08. The molecule has 2 fully saturated rings. The van der Waals surface area contributed by atoms with Crippen LogP contribution in [0.4, 0.5) is 11.4 Å². The highest BCUT2D eigenvalue weighted by Crippen LogP contribution is 2.23. The van der Waals surface area contributed by atoms with Crippen LogP contribution in [0.15, 0.2) is 48.5 Å². The third-order valence-corrected chi connectivity index (χ3v) is 5.90. The first-order valence-corrected chi connectivity index (χ1v) is 10.5. The Morgan fingerprint density at radius 3 is 2.26 bits per heavy atom. The molecule has 0 radical (unpaired) electrons. The van der Waals surface area contributed by atoms with Gasteiger partial charge in [0.1, 0.15) is 5.75 Å². The van der Waals surface area contributed by atoms with Gasteiger partial charge in [-0.1, -0.05) is 0 Å². The first-order chi connectivity index (χ1) is 15.0. The zero-order valence-electron chi connectivity index (χ0n) is 17.4. The molecule has 0 unspecified atom stereocenters.